The number of thiol groups is 1. The average molecular weight is 449 g/mol. The number of amides is 5. The van der Waals surface area contributed by atoms with Crippen molar-refractivity contribution < 1.29 is 33.9 Å². The van der Waals surface area contributed by atoms with Gasteiger partial charge >= 0.3 is 5.97 Å². The zero-order valence-corrected chi connectivity index (χ0v) is 17.5. The average Bonchev–Trinajstić information content (AvgIpc) is 2.61. The van der Waals surface area contributed by atoms with Gasteiger partial charge < -0.3 is 38.3 Å². The van der Waals surface area contributed by atoms with Crippen LogP contribution in [0.2, 0.25) is 0 Å². The summed E-state index contributed by atoms with van der Waals surface area (Å²) < 4.78 is 0. The Hall–Kier alpha value is -2.87. The van der Waals surface area contributed by atoms with Crippen molar-refractivity contribution in [1.29, 1.82) is 0 Å². The SMILES string of the molecule is CC(C)C(NC(=O)C(CC(N)=O)NC(=O)C(CS)NC(=O)C(N)CC(N)=O)C(=O)O. The summed E-state index contributed by atoms with van der Waals surface area (Å²) in [6.45, 7) is 3.12. The smallest absolute Gasteiger partial charge is 0.326 e. The van der Waals surface area contributed by atoms with E-state index in [1.807, 2.05) is 0 Å². The molecule has 5 amide bonds. The highest BCUT2D eigenvalue weighted by Gasteiger charge is 2.31. The van der Waals surface area contributed by atoms with Gasteiger partial charge in [0.15, 0.2) is 0 Å². The minimum Gasteiger partial charge on any atom is -0.480 e. The number of carbonyl (C=O) groups is 6. The van der Waals surface area contributed by atoms with E-state index in [9.17, 15) is 33.9 Å². The first-order valence-corrected chi connectivity index (χ1v) is 9.50. The van der Waals surface area contributed by atoms with Gasteiger partial charge in [0.05, 0.1) is 18.9 Å². The third-order valence-corrected chi connectivity index (χ3v) is 4.21. The van der Waals surface area contributed by atoms with E-state index in [0.717, 1.165) is 0 Å². The molecule has 0 saturated heterocycles. The molecule has 0 aromatic rings. The van der Waals surface area contributed by atoms with Crippen LogP contribution >= 0.6 is 12.6 Å². The summed E-state index contributed by atoms with van der Waals surface area (Å²) in [5, 5.41) is 15.9. The fourth-order valence-corrected chi connectivity index (χ4v) is 2.49. The van der Waals surface area contributed by atoms with Crippen LogP contribution in [0.1, 0.15) is 26.7 Å². The molecule has 14 heteroatoms. The molecule has 0 heterocycles. The van der Waals surface area contributed by atoms with E-state index in [1.54, 1.807) is 13.8 Å². The van der Waals surface area contributed by atoms with Crippen LogP contribution in [0.5, 0.6) is 0 Å². The van der Waals surface area contributed by atoms with E-state index < -0.39 is 78.4 Å². The van der Waals surface area contributed by atoms with Gasteiger partial charge in [0, 0.05) is 5.75 Å². The molecule has 0 aromatic heterocycles. The Labute approximate surface area is 178 Å². The summed E-state index contributed by atoms with van der Waals surface area (Å²) in [7, 11) is 0. The molecule has 0 aliphatic heterocycles. The van der Waals surface area contributed by atoms with E-state index in [0.29, 0.717) is 0 Å². The Morgan fingerprint density at radius 2 is 1.30 bits per heavy atom. The van der Waals surface area contributed by atoms with Gasteiger partial charge in [-0.2, -0.15) is 12.6 Å². The van der Waals surface area contributed by atoms with Crippen molar-refractivity contribution in [2.75, 3.05) is 5.75 Å². The maximum atomic E-state index is 12.4. The Bertz CT molecular complexity index is 687. The van der Waals surface area contributed by atoms with Gasteiger partial charge in [-0.25, -0.2) is 4.79 Å². The highest BCUT2D eigenvalue weighted by molar-refractivity contribution is 7.80. The highest BCUT2D eigenvalue weighted by atomic mass is 32.1. The minimum absolute atomic E-state index is 0.213. The first kappa shape index (κ1) is 27.1. The maximum absolute atomic E-state index is 12.4. The molecule has 0 spiro atoms. The fraction of sp³-hybridized carbons (Fsp3) is 0.625. The number of nitrogens with two attached hydrogens (primary N) is 3. The van der Waals surface area contributed by atoms with E-state index in [4.69, 9.17) is 17.2 Å². The van der Waals surface area contributed by atoms with Crippen molar-refractivity contribution in [2.24, 2.45) is 23.1 Å². The summed E-state index contributed by atoms with van der Waals surface area (Å²) in [5.41, 5.74) is 15.6. The van der Waals surface area contributed by atoms with Crippen LogP contribution in [0.25, 0.3) is 0 Å². The van der Waals surface area contributed by atoms with Crippen LogP contribution in [0.15, 0.2) is 0 Å². The zero-order valence-electron chi connectivity index (χ0n) is 16.6. The second-order valence-corrected chi connectivity index (χ2v) is 7.19. The summed E-state index contributed by atoms with van der Waals surface area (Å²) >= 11 is 3.94. The molecule has 0 aromatic carbocycles. The number of carboxylic acid groups (broad SMARTS) is 1. The number of rotatable bonds is 13. The lowest BCUT2D eigenvalue weighted by molar-refractivity contribution is -0.143. The van der Waals surface area contributed by atoms with Crippen molar-refractivity contribution in [2.45, 2.75) is 50.9 Å². The lowest BCUT2D eigenvalue weighted by Crippen LogP contribution is -2.58. The summed E-state index contributed by atoms with van der Waals surface area (Å²) in [6, 6.07) is -5.33. The molecule has 0 radical (unpaired) electrons. The fourth-order valence-electron chi connectivity index (χ4n) is 2.23. The Balaban J connectivity index is 5.28. The molecule has 170 valence electrons. The number of primary amides is 2. The van der Waals surface area contributed by atoms with Crippen molar-refractivity contribution >= 4 is 48.1 Å². The van der Waals surface area contributed by atoms with Crippen molar-refractivity contribution in [3.8, 4) is 0 Å². The van der Waals surface area contributed by atoms with Gasteiger partial charge in [-0.15, -0.1) is 0 Å². The number of carboxylic acids is 1. The monoisotopic (exact) mass is 448 g/mol. The van der Waals surface area contributed by atoms with E-state index in [1.165, 1.54) is 0 Å². The van der Waals surface area contributed by atoms with Crippen molar-refractivity contribution in [1.82, 2.24) is 16.0 Å². The van der Waals surface area contributed by atoms with Gasteiger partial charge in [0.1, 0.15) is 18.1 Å². The Morgan fingerprint density at radius 3 is 1.70 bits per heavy atom. The predicted molar refractivity (Wildman–Crippen MR) is 108 cm³/mol. The molecular weight excluding hydrogens is 420 g/mol. The number of hydrogen-bond donors (Lipinski definition) is 8. The van der Waals surface area contributed by atoms with E-state index in [2.05, 4.69) is 28.6 Å². The number of nitrogens with one attached hydrogen (secondary N) is 3. The standard InChI is InChI=1S/C16H28N6O7S/c1-6(2)12(16(28)29)22-14(26)8(4-11(19)24)20-15(27)9(5-30)21-13(25)7(17)3-10(18)23/h6-9,12,30H,3-5,17H2,1-2H3,(H2,18,23)(H2,19,24)(H,20,27)(H,21,25)(H,22,26)(H,28,29). The number of hydrogen-bond acceptors (Lipinski definition) is 8. The molecule has 0 saturated carbocycles. The number of carbonyl (C=O) groups excluding carboxylic acids is 5. The van der Waals surface area contributed by atoms with E-state index >= 15 is 0 Å². The first-order chi connectivity index (χ1) is 13.8. The largest absolute Gasteiger partial charge is 0.480 e. The van der Waals surface area contributed by atoms with Gasteiger partial charge in [-0.05, 0) is 5.92 Å². The van der Waals surface area contributed by atoms with Crippen molar-refractivity contribution in [3.63, 3.8) is 0 Å². The molecule has 30 heavy (non-hydrogen) atoms. The molecule has 0 aliphatic carbocycles. The van der Waals surface area contributed by atoms with Crippen LogP contribution in [0.3, 0.4) is 0 Å². The van der Waals surface area contributed by atoms with Crippen molar-refractivity contribution in [3.05, 3.63) is 0 Å². The second kappa shape index (κ2) is 12.6. The molecule has 0 aliphatic rings. The highest BCUT2D eigenvalue weighted by Crippen LogP contribution is 2.04. The molecule has 0 bridgehead atoms. The Kier molecular flexibility index (Phi) is 11.4. The third kappa shape index (κ3) is 9.56. The maximum Gasteiger partial charge on any atom is 0.326 e. The van der Waals surface area contributed by atoms with Crippen LogP contribution in [0.4, 0.5) is 0 Å². The minimum atomic E-state index is -1.49. The second-order valence-electron chi connectivity index (χ2n) is 6.82. The molecule has 4 unspecified atom stereocenters. The molecular formula is C16H28N6O7S. The topological polar surface area (TPSA) is 237 Å². The molecule has 0 fully saturated rings. The van der Waals surface area contributed by atoms with Crippen LogP contribution in [-0.2, 0) is 28.8 Å². The number of aliphatic carboxylic acids is 1. The van der Waals surface area contributed by atoms with Gasteiger partial charge in [0.2, 0.25) is 29.5 Å². The quantitative estimate of drug-likeness (QED) is 0.130. The zero-order chi connectivity index (χ0) is 23.6. The summed E-state index contributed by atoms with van der Waals surface area (Å²) in [4.78, 5) is 70.2. The normalized spacial score (nSPS) is 14.7. The molecule has 13 nitrogen and oxygen atoms in total. The molecule has 0 rings (SSSR count). The van der Waals surface area contributed by atoms with Crippen LogP contribution < -0.4 is 33.2 Å². The van der Waals surface area contributed by atoms with E-state index in [-0.39, 0.29) is 5.75 Å². The molecule has 4 atom stereocenters. The molecule has 10 N–H and O–H groups in total. The van der Waals surface area contributed by atoms with Crippen LogP contribution in [-0.4, -0.2) is 70.5 Å². The van der Waals surface area contributed by atoms with Crippen LogP contribution in [0, 0.1) is 5.92 Å². The van der Waals surface area contributed by atoms with Gasteiger partial charge in [0.25, 0.3) is 0 Å². The summed E-state index contributed by atoms with van der Waals surface area (Å²) in [5.74, 6) is -6.44. The lowest BCUT2D eigenvalue weighted by atomic mass is 10.0. The lowest BCUT2D eigenvalue weighted by Gasteiger charge is -2.24. The summed E-state index contributed by atoms with van der Waals surface area (Å²) in [6.07, 6.45) is -1.07. The van der Waals surface area contributed by atoms with Gasteiger partial charge in [-0.3, -0.25) is 24.0 Å². The third-order valence-electron chi connectivity index (χ3n) is 3.84. The van der Waals surface area contributed by atoms with Gasteiger partial charge in [-0.1, -0.05) is 13.8 Å². The Morgan fingerprint density at radius 1 is 0.833 bits per heavy atom. The first-order valence-electron chi connectivity index (χ1n) is 8.87. The predicted octanol–water partition coefficient (Wildman–Crippen LogP) is -3.81.